The van der Waals surface area contributed by atoms with E-state index in [2.05, 4.69) is 67.6 Å². The van der Waals surface area contributed by atoms with Crippen LogP contribution in [-0.2, 0) is 6.42 Å². The molecule has 0 aliphatic carbocycles. The van der Waals surface area contributed by atoms with Crippen molar-refractivity contribution in [3.8, 4) is 0 Å². The Balaban J connectivity index is 1.90. The van der Waals surface area contributed by atoms with Crippen LogP contribution in [-0.4, -0.2) is 15.7 Å². The molecule has 0 aliphatic heterocycles. The second-order valence-electron chi connectivity index (χ2n) is 4.36. The third kappa shape index (κ3) is 4.74. The summed E-state index contributed by atoms with van der Waals surface area (Å²) >= 11 is 3.44. The van der Waals surface area contributed by atoms with Crippen LogP contribution in [0.1, 0.15) is 25.3 Å². The summed E-state index contributed by atoms with van der Waals surface area (Å²) in [6, 6.07) is 8.40. The summed E-state index contributed by atoms with van der Waals surface area (Å²) in [6.45, 7) is 2.11. The standard InChI is InChI=1S/C15H17BrN4/c1-2-14(19-20-15-11-17-9-10-18-15)8-5-12-3-6-13(16)7-4-12/h3-4,6-7,9-11H,2,5,8H2,1H3,(H,18,20)/b19-14+. The Morgan fingerprint density at radius 1 is 1.25 bits per heavy atom. The lowest BCUT2D eigenvalue weighted by atomic mass is 10.1. The molecule has 0 atom stereocenters. The highest BCUT2D eigenvalue weighted by atomic mass is 79.9. The first-order chi connectivity index (χ1) is 9.78. The Kier molecular flexibility index (Phi) is 5.68. The van der Waals surface area contributed by atoms with Gasteiger partial charge in [-0.25, -0.2) is 4.98 Å². The zero-order valence-electron chi connectivity index (χ0n) is 11.4. The number of nitrogens with zero attached hydrogens (tertiary/aromatic N) is 3. The zero-order valence-corrected chi connectivity index (χ0v) is 13.0. The Labute approximate surface area is 127 Å². The van der Waals surface area contributed by atoms with E-state index in [1.54, 1.807) is 18.6 Å². The summed E-state index contributed by atoms with van der Waals surface area (Å²) in [5.74, 6) is 0.669. The lowest BCUT2D eigenvalue weighted by molar-refractivity contribution is 0.993. The number of rotatable bonds is 6. The summed E-state index contributed by atoms with van der Waals surface area (Å²) in [7, 11) is 0. The van der Waals surface area contributed by atoms with Crippen molar-refractivity contribution in [2.24, 2.45) is 5.10 Å². The van der Waals surface area contributed by atoms with E-state index in [4.69, 9.17) is 0 Å². The topological polar surface area (TPSA) is 50.2 Å². The maximum absolute atomic E-state index is 4.40. The van der Waals surface area contributed by atoms with Crippen molar-refractivity contribution in [3.05, 3.63) is 52.9 Å². The molecule has 1 N–H and O–H groups in total. The minimum absolute atomic E-state index is 0.669. The predicted molar refractivity (Wildman–Crippen MR) is 85.8 cm³/mol. The number of hydrogen-bond donors (Lipinski definition) is 1. The number of hydrazone groups is 1. The van der Waals surface area contributed by atoms with Gasteiger partial charge in [0.1, 0.15) is 0 Å². The molecule has 0 aliphatic rings. The molecule has 0 spiro atoms. The van der Waals surface area contributed by atoms with Gasteiger partial charge in [0.15, 0.2) is 5.82 Å². The first-order valence-electron chi connectivity index (χ1n) is 6.60. The van der Waals surface area contributed by atoms with Crippen LogP contribution in [0.25, 0.3) is 0 Å². The summed E-state index contributed by atoms with van der Waals surface area (Å²) in [5, 5.41) is 4.40. The van der Waals surface area contributed by atoms with Crippen LogP contribution in [0.3, 0.4) is 0 Å². The minimum Gasteiger partial charge on any atom is -0.260 e. The van der Waals surface area contributed by atoms with Crippen LogP contribution in [0.4, 0.5) is 5.82 Å². The second kappa shape index (κ2) is 7.75. The van der Waals surface area contributed by atoms with E-state index in [-0.39, 0.29) is 0 Å². The summed E-state index contributed by atoms with van der Waals surface area (Å²) in [5.41, 5.74) is 5.39. The quantitative estimate of drug-likeness (QED) is 0.641. The van der Waals surface area contributed by atoms with E-state index < -0.39 is 0 Å². The molecule has 0 unspecified atom stereocenters. The van der Waals surface area contributed by atoms with Crippen molar-refractivity contribution >= 4 is 27.5 Å². The Hall–Kier alpha value is -1.75. The van der Waals surface area contributed by atoms with Crippen LogP contribution in [0.5, 0.6) is 0 Å². The molecule has 2 aromatic rings. The number of halogens is 1. The lowest BCUT2D eigenvalue weighted by Crippen LogP contribution is -2.04. The molecule has 0 radical (unpaired) electrons. The second-order valence-corrected chi connectivity index (χ2v) is 5.28. The van der Waals surface area contributed by atoms with E-state index in [0.29, 0.717) is 5.82 Å². The monoisotopic (exact) mass is 332 g/mol. The summed E-state index contributed by atoms with van der Waals surface area (Å²) in [6.07, 6.45) is 7.79. The number of aromatic nitrogens is 2. The van der Waals surface area contributed by atoms with Gasteiger partial charge in [-0.1, -0.05) is 35.0 Å². The fourth-order valence-electron chi connectivity index (χ4n) is 1.74. The fourth-order valence-corrected chi connectivity index (χ4v) is 2.01. The SMILES string of the molecule is CC/C(CCc1ccc(Br)cc1)=N\Nc1cnccn1. The molecule has 1 aromatic heterocycles. The number of hydrogen-bond acceptors (Lipinski definition) is 4. The number of nitrogens with one attached hydrogen (secondary N) is 1. The van der Waals surface area contributed by atoms with Crippen molar-refractivity contribution in [2.75, 3.05) is 5.43 Å². The molecule has 1 heterocycles. The maximum Gasteiger partial charge on any atom is 0.164 e. The first kappa shape index (κ1) is 14.7. The van der Waals surface area contributed by atoms with E-state index in [1.165, 1.54) is 5.56 Å². The van der Waals surface area contributed by atoms with Crippen molar-refractivity contribution in [2.45, 2.75) is 26.2 Å². The summed E-state index contributed by atoms with van der Waals surface area (Å²) < 4.78 is 1.11. The van der Waals surface area contributed by atoms with Crippen LogP contribution in [0, 0.1) is 0 Å². The molecule has 0 bridgehead atoms. The van der Waals surface area contributed by atoms with E-state index in [9.17, 15) is 0 Å². The van der Waals surface area contributed by atoms with Gasteiger partial charge >= 0.3 is 0 Å². The van der Waals surface area contributed by atoms with Crippen molar-refractivity contribution < 1.29 is 0 Å². The molecule has 5 heteroatoms. The molecule has 0 amide bonds. The average Bonchev–Trinajstić information content (AvgIpc) is 2.50. The van der Waals surface area contributed by atoms with Gasteiger partial charge < -0.3 is 0 Å². The van der Waals surface area contributed by atoms with Gasteiger partial charge in [-0.3, -0.25) is 10.4 Å². The Bertz CT molecular complexity index is 552. The molecular weight excluding hydrogens is 316 g/mol. The van der Waals surface area contributed by atoms with Gasteiger partial charge in [0.2, 0.25) is 0 Å². The highest BCUT2D eigenvalue weighted by molar-refractivity contribution is 9.10. The third-order valence-electron chi connectivity index (χ3n) is 2.92. The highest BCUT2D eigenvalue weighted by Gasteiger charge is 2.00. The molecule has 4 nitrogen and oxygen atoms in total. The Morgan fingerprint density at radius 3 is 2.70 bits per heavy atom. The van der Waals surface area contributed by atoms with Gasteiger partial charge in [0, 0.05) is 22.6 Å². The van der Waals surface area contributed by atoms with E-state index in [1.807, 2.05) is 0 Å². The predicted octanol–water partition coefficient (Wildman–Crippen LogP) is 4.05. The van der Waals surface area contributed by atoms with Crippen LogP contribution in [0.2, 0.25) is 0 Å². The van der Waals surface area contributed by atoms with E-state index in [0.717, 1.165) is 29.4 Å². The zero-order chi connectivity index (χ0) is 14.2. The molecule has 0 saturated heterocycles. The average molecular weight is 333 g/mol. The smallest absolute Gasteiger partial charge is 0.164 e. The van der Waals surface area contributed by atoms with Crippen molar-refractivity contribution in [3.63, 3.8) is 0 Å². The van der Waals surface area contributed by atoms with Gasteiger partial charge in [0.25, 0.3) is 0 Å². The molecule has 20 heavy (non-hydrogen) atoms. The van der Waals surface area contributed by atoms with Gasteiger partial charge in [-0.05, 0) is 37.0 Å². The molecule has 1 aromatic carbocycles. The van der Waals surface area contributed by atoms with Crippen molar-refractivity contribution in [1.29, 1.82) is 0 Å². The molecular formula is C15H17BrN4. The fraction of sp³-hybridized carbons (Fsp3) is 0.267. The maximum atomic E-state index is 4.40. The molecule has 2 rings (SSSR count). The van der Waals surface area contributed by atoms with Crippen LogP contribution >= 0.6 is 15.9 Å². The number of aryl methyl sites for hydroxylation is 1. The lowest BCUT2D eigenvalue weighted by Gasteiger charge is -2.05. The van der Waals surface area contributed by atoms with E-state index >= 15 is 0 Å². The van der Waals surface area contributed by atoms with Crippen LogP contribution in [0.15, 0.2) is 52.4 Å². The third-order valence-corrected chi connectivity index (χ3v) is 3.44. The molecule has 0 fully saturated rings. The largest absolute Gasteiger partial charge is 0.260 e. The molecule has 104 valence electrons. The van der Waals surface area contributed by atoms with Crippen LogP contribution < -0.4 is 5.43 Å². The van der Waals surface area contributed by atoms with Gasteiger partial charge in [0.05, 0.1) is 6.20 Å². The number of anilines is 1. The first-order valence-corrected chi connectivity index (χ1v) is 7.39. The normalized spacial score (nSPS) is 11.4. The Morgan fingerprint density at radius 2 is 2.05 bits per heavy atom. The number of benzene rings is 1. The highest BCUT2D eigenvalue weighted by Crippen LogP contribution is 2.12. The van der Waals surface area contributed by atoms with Gasteiger partial charge in [-0.15, -0.1) is 0 Å². The van der Waals surface area contributed by atoms with Gasteiger partial charge in [-0.2, -0.15) is 5.10 Å². The molecule has 0 saturated carbocycles. The van der Waals surface area contributed by atoms with Crippen molar-refractivity contribution in [1.82, 2.24) is 9.97 Å². The summed E-state index contributed by atoms with van der Waals surface area (Å²) in [4.78, 5) is 8.12. The minimum atomic E-state index is 0.669.